The molecule has 0 bridgehead atoms. The maximum atomic E-state index is 8.53. The third-order valence-corrected chi connectivity index (χ3v) is 7.30. The van der Waals surface area contributed by atoms with Crippen molar-refractivity contribution in [2.45, 2.75) is 0 Å². The van der Waals surface area contributed by atoms with Crippen molar-refractivity contribution in [3.05, 3.63) is 97.0 Å². The average Bonchev–Trinajstić information content (AvgIpc) is 3.54. The Labute approximate surface area is 187 Å². The number of aromatic nitrogens is 2. The number of hydrogen-bond donors (Lipinski definition) is 0. The zero-order valence-electron chi connectivity index (χ0n) is 20.8. The second-order valence-electron chi connectivity index (χ2n) is 8.71. The first-order valence-electron chi connectivity index (χ1n) is 12.8. The monoisotopic (exact) mass is 408 g/mol. The molecule has 5 aromatic carbocycles. The molecule has 0 unspecified atom stereocenters. The van der Waals surface area contributed by atoms with Gasteiger partial charge in [0.05, 0.1) is 38.6 Å². The molecule has 0 saturated carbocycles. The molecule has 9 aromatic rings. The number of benzene rings is 5. The van der Waals surface area contributed by atoms with Crippen molar-refractivity contribution in [3.8, 4) is 0 Å². The first-order chi connectivity index (χ1) is 17.5. The van der Waals surface area contributed by atoms with Crippen LogP contribution in [0.25, 0.3) is 76.2 Å². The van der Waals surface area contributed by atoms with Gasteiger partial charge in [0, 0.05) is 43.1 Å². The van der Waals surface area contributed by atoms with E-state index in [1.807, 2.05) is 60.7 Å². The summed E-state index contributed by atoms with van der Waals surface area (Å²) in [6.45, 7) is 0. The molecule has 0 aliphatic rings. The number of nitrogens with zero attached hydrogens (tertiary/aromatic N) is 2. The normalized spacial score (nSPS) is 14.8. The molecule has 0 amide bonds. The number of hydrogen-bond acceptors (Lipinski definition) is 0. The highest BCUT2D eigenvalue weighted by atomic mass is 14.9. The Balaban J connectivity index is 1.60. The molecule has 2 nitrogen and oxygen atoms in total. The topological polar surface area (TPSA) is 8.82 Å². The Morgan fingerprint density at radius 3 is 1.28 bits per heavy atom. The van der Waals surface area contributed by atoms with Gasteiger partial charge in [-0.1, -0.05) is 72.7 Å². The molecule has 0 aliphatic carbocycles. The van der Waals surface area contributed by atoms with Crippen molar-refractivity contribution in [2.24, 2.45) is 0 Å². The highest BCUT2D eigenvalue weighted by molar-refractivity contribution is 6.28. The molecule has 0 atom stereocenters. The summed E-state index contributed by atoms with van der Waals surface area (Å²) in [6, 6.07) is 25.4. The van der Waals surface area contributed by atoms with E-state index in [1.165, 1.54) is 0 Å². The van der Waals surface area contributed by atoms with Gasteiger partial charge in [0.15, 0.2) is 0 Å². The van der Waals surface area contributed by atoms with Crippen LogP contribution in [0.1, 0.15) is 5.48 Å². The molecule has 0 N–H and O–H groups in total. The van der Waals surface area contributed by atoms with Crippen LogP contribution >= 0.6 is 0 Å². The zero-order valence-corrected chi connectivity index (χ0v) is 16.8. The van der Waals surface area contributed by atoms with Crippen LogP contribution < -0.4 is 0 Å². The van der Waals surface area contributed by atoms with Gasteiger partial charge in [-0.25, -0.2) is 0 Å². The first kappa shape index (κ1) is 12.5. The minimum atomic E-state index is 0.458. The van der Waals surface area contributed by atoms with E-state index in [0.29, 0.717) is 24.2 Å². The van der Waals surface area contributed by atoms with Crippen LogP contribution in [0.2, 0.25) is 0 Å². The summed E-state index contributed by atoms with van der Waals surface area (Å²) in [5, 5.41) is 8.26. The summed E-state index contributed by atoms with van der Waals surface area (Å²) in [4.78, 5) is 0. The van der Waals surface area contributed by atoms with Crippen LogP contribution in [-0.2, 0) is 0 Å². The van der Waals surface area contributed by atoms with Crippen molar-refractivity contribution in [3.63, 3.8) is 0 Å². The molecular weight excluding hydrogens is 388 g/mol. The predicted octanol–water partition coefficient (Wildman–Crippen LogP) is 7.99. The van der Waals surface area contributed by atoms with Crippen LogP contribution in [-0.4, -0.2) is 8.80 Å². The molecule has 9 rings (SSSR count). The molecule has 0 saturated heterocycles. The summed E-state index contributed by atoms with van der Waals surface area (Å²) in [7, 11) is 0. The third kappa shape index (κ3) is 1.52. The second kappa shape index (κ2) is 4.95. The SMILES string of the molecule is [2H]c1ccc2c(c1)c1cc([2H])cc3c4cc5c(cc4n2c13)c1cc([2H])cc2c3cc([2H])ccc3n5c21. The van der Waals surface area contributed by atoms with Gasteiger partial charge in [-0.3, -0.25) is 0 Å². The molecule has 32 heavy (non-hydrogen) atoms. The highest BCUT2D eigenvalue weighted by Gasteiger charge is 2.21. The van der Waals surface area contributed by atoms with E-state index in [9.17, 15) is 0 Å². The van der Waals surface area contributed by atoms with Crippen molar-refractivity contribution in [2.75, 3.05) is 0 Å². The molecule has 146 valence electrons. The molecule has 2 heteroatoms. The van der Waals surface area contributed by atoms with Crippen LogP contribution in [0.3, 0.4) is 0 Å². The van der Waals surface area contributed by atoms with Crippen molar-refractivity contribution in [1.29, 1.82) is 0 Å². The van der Waals surface area contributed by atoms with E-state index in [1.54, 1.807) is 0 Å². The predicted molar refractivity (Wildman–Crippen MR) is 136 cm³/mol. The Morgan fingerprint density at radius 2 is 0.812 bits per heavy atom. The van der Waals surface area contributed by atoms with Gasteiger partial charge < -0.3 is 8.80 Å². The lowest BCUT2D eigenvalue weighted by atomic mass is 10.0. The van der Waals surface area contributed by atoms with Crippen molar-refractivity contribution >= 4 is 76.2 Å². The maximum Gasteiger partial charge on any atom is 0.0623 e. The molecule has 4 heterocycles. The molecule has 0 aliphatic heterocycles. The molecule has 0 spiro atoms. The van der Waals surface area contributed by atoms with E-state index >= 15 is 0 Å². The van der Waals surface area contributed by atoms with Gasteiger partial charge in [-0.05, 0) is 24.3 Å². The lowest BCUT2D eigenvalue weighted by molar-refractivity contribution is 1.36. The van der Waals surface area contributed by atoms with E-state index < -0.39 is 0 Å². The Kier molecular flexibility index (Phi) is 1.94. The van der Waals surface area contributed by atoms with Gasteiger partial charge >= 0.3 is 0 Å². The second-order valence-corrected chi connectivity index (χ2v) is 8.71. The zero-order chi connectivity index (χ0) is 24.0. The van der Waals surface area contributed by atoms with Crippen LogP contribution in [0, 0.1) is 0 Å². The summed E-state index contributed by atoms with van der Waals surface area (Å²) in [5.74, 6) is 0. The standard InChI is InChI=1S/C30H16N2/c1-3-13-25-17(7-1)19-9-5-11-21-23-16-28-24(15-27(23)31(25)29(19)21)22-12-6-10-20-18-8-2-4-14-26(18)32(28)30(20)22/h1-16H/i1D,2D,5D,6D. The fourth-order valence-corrected chi connectivity index (χ4v) is 6.07. The van der Waals surface area contributed by atoms with E-state index in [0.717, 1.165) is 76.2 Å². The Bertz CT molecular complexity index is 2240. The van der Waals surface area contributed by atoms with Crippen molar-refractivity contribution < 1.29 is 5.48 Å². The van der Waals surface area contributed by atoms with E-state index in [2.05, 4.69) is 20.9 Å². The summed E-state index contributed by atoms with van der Waals surface area (Å²) < 4.78 is 37.9. The fraction of sp³-hybridized carbons (Fsp3) is 0. The van der Waals surface area contributed by atoms with Gasteiger partial charge in [0.2, 0.25) is 0 Å². The summed E-state index contributed by atoms with van der Waals surface area (Å²) in [6.07, 6.45) is 0. The molecular formula is C30H16N2. The Hall–Kier alpha value is -4.30. The molecule has 4 aromatic heterocycles. The first-order valence-corrected chi connectivity index (χ1v) is 10.8. The minimum Gasteiger partial charge on any atom is -0.308 e. The lowest BCUT2D eigenvalue weighted by Gasteiger charge is -2.01. The smallest absolute Gasteiger partial charge is 0.0623 e. The maximum absolute atomic E-state index is 8.53. The van der Waals surface area contributed by atoms with E-state index in [-0.39, 0.29) is 0 Å². The number of fused-ring (bicyclic) bond motifs is 12. The van der Waals surface area contributed by atoms with Crippen LogP contribution in [0.15, 0.2) is 97.0 Å². The summed E-state index contributed by atoms with van der Waals surface area (Å²) in [5.41, 5.74) is 6.38. The third-order valence-electron chi connectivity index (χ3n) is 7.30. The van der Waals surface area contributed by atoms with E-state index in [4.69, 9.17) is 5.48 Å². The number of rotatable bonds is 0. The van der Waals surface area contributed by atoms with Crippen LogP contribution in [0.5, 0.6) is 0 Å². The average molecular weight is 408 g/mol. The highest BCUT2D eigenvalue weighted by Crippen LogP contribution is 2.44. The summed E-state index contributed by atoms with van der Waals surface area (Å²) >= 11 is 0. The van der Waals surface area contributed by atoms with Gasteiger partial charge in [0.25, 0.3) is 0 Å². The van der Waals surface area contributed by atoms with Crippen LogP contribution in [0.4, 0.5) is 0 Å². The minimum absolute atomic E-state index is 0.458. The molecule has 0 fully saturated rings. The van der Waals surface area contributed by atoms with Gasteiger partial charge in [-0.15, -0.1) is 0 Å². The fourth-order valence-electron chi connectivity index (χ4n) is 6.07. The largest absolute Gasteiger partial charge is 0.308 e. The quantitative estimate of drug-likeness (QED) is 0.240. The Morgan fingerprint density at radius 1 is 0.406 bits per heavy atom. The molecule has 0 radical (unpaired) electrons. The number of para-hydroxylation sites is 4. The lowest BCUT2D eigenvalue weighted by Crippen LogP contribution is -1.82. The van der Waals surface area contributed by atoms with Gasteiger partial charge in [0.1, 0.15) is 0 Å². The van der Waals surface area contributed by atoms with Crippen molar-refractivity contribution in [1.82, 2.24) is 8.80 Å². The van der Waals surface area contributed by atoms with Gasteiger partial charge in [-0.2, -0.15) is 0 Å².